The molecule has 1 aliphatic rings. The zero-order valence-corrected chi connectivity index (χ0v) is 16.9. The van der Waals surface area contributed by atoms with Gasteiger partial charge in [0, 0.05) is 18.7 Å². The molecule has 6 nitrogen and oxygen atoms in total. The fourth-order valence-electron chi connectivity index (χ4n) is 4.04. The largest absolute Gasteiger partial charge is 0.497 e. The molecule has 0 spiro atoms. The quantitative estimate of drug-likeness (QED) is 0.482. The second-order valence-corrected chi connectivity index (χ2v) is 7.43. The summed E-state index contributed by atoms with van der Waals surface area (Å²) < 4.78 is 11.1. The zero-order chi connectivity index (χ0) is 20.3. The molecule has 0 bridgehead atoms. The average Bonchev–Trinajstić information content (AvgIpc) is 3.46. The van der Waals surface area contributed by atoms with Crippen LogP contribution in [0.1, 0.15) is 12.8 Å². The topological polar surface area (TPSA) is 72.1 Å². The minimum atomic E-state index is 0.232. The smallest absolute Gasteiger partial charge is 0.143 e. The predicted octanol–water partition coefficient (Wildman–Crippen LogP) is 4.89. The van der Waals surface area contributed by atoms with Gasteiger partial charge in [0.1, 0.15) is 23.5 Å². The summed E-state index contributed by atoms with van der Waals surface area (Å²) in [6, 6.07) is 18.4. The van der Waals surface area contributed by atoms with E-state index in [1.165, 1.54) is 0 Å². The monoisotopic (exact) mass is 400 g/mol. The number of ether oxygens (including phenoxy) is 2. The molecule has 4 aromatic rings. The van der Waals surface area contributed by atoms with Crippen LogP contribution >= 0.6 is 0 Å². The third kappa shape index (κ3) is 3.50. The maximum atomic E-state index is 5.77. The summed E-state index contributed by atoms with van der Waals surface area (Å²) in [5.41, 5.74) is 5.09. The summed E-state index contributed by atoms with van der Waals surface area (Å²) in [7, 11) is 1.68. The molecule has 2 N–H and O–H groups in total. The van der Waals surface area contributed by atoms with Crippen LogP contribution in [0.3, 0.4) is 0 Å². The fraction of sp³-hybridized carbons (Fsp3) is 0.250. The normalized spacial score (nSPS) is 16.1. The van der Waals surface area contributed by atoms with Crippen molar-refractivity contribution >= 4 is 16.9 Å². The molecule has 5 rings (SSSR count). The third-order valence-corrected chi connectivity index (χ3v) is 5.55. The van der Waals surface area contributed by atoms with Gasteiger partial charge in [-0.25, -0.2) is 9.97 Å². The molecule has 1 fully saturated rings. The molecule has 30 heavy (non-hydrogen) atoms. The Morgan fingerprint density at radius 2 is 1.90 bits per heavy atom. The number of benzene rings is 2. The van der Waals surface area contributed by atoms with Crippen molar-refractivity contribution in [3.05, 3.63) is 60.9 Å². The van der Waals surface area contributed by atoms with Crippen LogP contribution < -0.4 is 10.1 Å². The first-order valence-electron chi connectivity index (χ1n) is 10.3. The summed E-state index contributed by atoms with van der Waals surface area (Å²) in [5.74, 6) is 1.65. The van der Waals surface area contributed by atoms with E-state index in [1.54, 1.807) is 13.4 Å². The molecule has 1 atom stereocenters. The highest BCUT2D eigenvalue weighted by Gasteiger charge is 2.21. The summed E-state index contributed by atoms with van der Waals surface area (Å²) in [5, 5.41) is 4.50. The van der Waals surface area contributed by atoms with Crippen LogP contribution in [0.25, 0.3) is 33.4 Å². The van der Waals surface area contributed by atoms with Crippen molar-refractivity contribution in [1.82, 2.24) is 15.0 Å². The number of hydrogen-bond donors (Lipinski definition) is 2. The zero-order valence-electron chi connectivity index (χ0n) is 16.9. The lowest BCUT2D eigenvalue weighted by molar-refractivity contribution is 0.120. The van der Waals surface area contributed by atoms with Crippen LogP contribution in [0.4, 0.5) is 5.82 Å². The molecule has 3 heterocycles. The first kappa shape index (κ1) is 18.6. The number of rotatable bonds is 6. The minimum Gasteiger partial charge on any atom is -0.497 e. The molecule has 152 valence electrons. The van der Waals surface area contributed by atoms with Gasteiger partial charge in [-0.2, -0.15) is 0 Å². The van der Waals surface area contributed by atoms with Crippen molar-refractivity contribution in [2.24, 2.45) is 0 Å². The lowest BCUT2D eigenvalue weighted by atomic mass is 9.99. The number of hydrogen-bond acceptors (Lipinski definition) is 5. The van der Waals surface area contributed by atoms with Crippen LogP contribution in [-0.4, -0.2) is 41.3 Å². The highest BCUT2D eigenvalue weighted by Crippen LogP contribution is 2.40. The summed E-state index contributed by atoms with van der Waals surface area (Å²) in [6.45, 7) is 1.58. The van der Waals surface area contributed by atoms with Crippen molar-refractivity contribution in [2.75, 3.05) is 25.6 Å². The van der Waals surface area contributed by atoms with Crippen molar-refractivity contribution in [2.45, 2.75) is 18.9 Å². The number of fused-ring (bicyclic) bond motifs is 1. The van der Waals surface area contributed by atoms with Gasteiger partial charge >= 0.3 is 0 Å². The van der Waals surface area contributed by atoms with Gasteiger partial charge in [0.05, 0.1) is 24.3 Å². The SMILES string of the molecule is COc1ccc(-c2[nH]c3ncnc(NC[C@@H]4CCCO4)c3c2-c2ccccc2)cc1. The molecule has 0 aliphatic carbocycles. The summed E-state index contributed by atoms with van der Waals surface area (Å²) >= 11 is 0. The Morgan fingerprint density at radius 3 is 2.63 bits per heavy atom. The summed E-state index contributed by atoms with van der Waals surface area (Å²) in [4.78, 5) is 12.6. The van der Waals surface area contributed by atoms with E-state index >= 15 is 0 Å². The molecular formula is C24H24N4O2. The van der Waals surface area contributed by atoms with E-state index in [0.717, 1.165) is 71.0 Å². The molecule has 1 saturated heterocycles. The van der Waals surface area contributed by atoms with Crippen LogP contribution in [0.5, 0.6) is 5.75 Å². The van der Waals surface area contributed by atoms with E-state index in [0.29, 0.717) is 0 Å². The van der Waals surface area contributed by atoms with Gasteiger partial charge in [-0.05, 0) is 48.2 Å². The Morgan fingerprint density at radius 1 is 1.07 bits per heavy atom. The Hall–Kier alpha value is -3.38. The van der Waals surface area contributed by atoms with E-state index in [2.05, 4.69) is 56.7 Å². The Labute approximate surface area is 175 Å². The highest BCUT2D eigenvalue weighted by molar-refractivity contribution is 6.07. The molecule has 0 amide bonds. The highest BCUT2D eigenvalue weighted by atomic mass is 16.5. The van der Waals surface area contributed by atoms with E-state index in [4.69, 9.17) is 9.47 Å². The van der Waals surface area contributed by atoms with Gasteiger partial charge in [-0.1, -0.05) is 30.3 Å². The van der Waals surface area contributed by atoms with Crippen LogP contribution in [-0.2, 0) is 4.74 Å². The first-order chi connectivity index (χ1) is 14.8. The van der Waals surface area contributed by atoms with E-state index < -0.39 is 0 Å². The van der Waals surface area contributed by atoms with E-state index in [9.17, 15) is 0 Å². The first-order valence-corrected chi connectivity index (χ1v) is 10.3. The fourth-order valence-corrected chi connectivity index (χ4v) is 4.04. The lowest BCUT2D eigenvalue weighted by Gasteiger charge is -2.13. The second kappa shape index (κ2) is 8.16. The molecule has 2 aromatic carbocycles. The predicted molar refractivity (Wildman–Crippen MR) is 119 cm³/mol. The van der Waals surface area contributed by atoms with Crippen molar-refractivity contribution in [1.29, 1.82) is 0 Å². The minimum absolute atomic E-state index is 0.232. The van der Waals surface area contributed by atoms with Gasteiger partial charge in [0.15, 0.2) is 0 Å². The number of aromatic nitrogens is 3. The van der Waals surface area contributed by atoms with Crippen molar-refractivity contribution in [3.8, 4) is 28.1 Å². The third-order valence-electron chi connectivity index (χ3n) is 5.55. The summed E-state index contributed by atoms with van der Waals surface area (Å²) in [6.07, 6.45) is 4.03. The van der Waals surface area contributed by atoms with E-state index in [1.807, 2.05) is 18.2 Å². The van der Waals surface area contributed by atoms with Gasteiger partial charge in [-0.15, -0.1) is 0 Å². The number of anilines is 1. The number of nitrogens with zero attached hydrogens (tertiary/aromatic N) is 2. The Bertz CT molecular complexity index is 1130. The maximum Gasteiger partial charge on any atom is 0.143 e. The lowest BCUT2D eigenvalue weighted by Crippen LogP contribution is -2.19. The number of nitrogens with one attached hydrogen (secondary N) is 2. The average molecular weight is 400 g/mol. The number of aromatic amines is 1. The Balaban J connectivity index is 1.65. The standard InChI is InChI=1S/C24H24N4O2/c1-29-18-11-9-17(10-12-18)22-20(16-6-3-2-4-7-16)21-23(26-15-27-24(21)28-22)25-14-19-8-5-13-30-19/h2-4,6-7,9-12,15,19H,5,8,13-14H2,1H3,(H2,25,26,27,28)/t19-/m0/s1. The molecule has 1 aliphatic heterocycles. The van der Waals surface area contributed by atoms with Crippen LogP contribution in [0.15, 0.2) is 60.9 Å². The van der Waals surface area contributed by atoms with Gasteiger partial charge in [0.25, 0.3) is 0 Å². The van der Waals surface area contributed by atoms with Gasteiger partial charge < -0.3 is 19.8 Å². The molecule has 6 heteroatoms. The van der Waals surface area contributed by atoms with Crippen LogP contribution in [0, 0.1) is 0 Å². The second-order valence-electron chi connectivity index (χ2n) is 7.43. The molecule has 0 unspecified atom stereocenters. The van der Waals surface area contributed by atoms with Crippen molar-refractivity contribution < 1.29 is 9.47 Å². The van der Waals surface area contributed by atoms with Crippen molar-refractivity contribution in [3.63, 3.8) is 0 Å². The molecule has 0 saturated carbocycles. The van der Waals surface area contributed by atoms with Gasteiger partial charge in [0.2, 0.25) is 0 Å². The van der Waals surface area contributed by atoms with E-state index in [-0.39, 0.29) is 6.10 Å². The van der Waals surface area contributed by atoms with Gasteiger partial charge in [-0.3, -0.25) is 0 Å². The molecule has 0 radical (unpaired) electrons. The molecule has 2 aromatic heterocycles. The number of H-pyrrole nitrogens is 1. The maximum absolute atomic E-state index is 5.77. The number of methoxy groups -OCH3 is 1. The molecular weight excluding hydrogens is 376 g/mol. The Kier molecular flexibility index (Phi) is 5.07. The van der Waals surface area contributed by atoms with Crippen LogP contribution in [0.2, 0.25) is 0 Å².